The van der Waals surface area contributed by atoms with E-state index in [-0.39, 0.29) is 66.0 Å². The average Bonchev–Trinajstić information content (AvgIpc) is 3.83. The van der Waals surface area contributed by atoms with Gasteiger partial charge in [0.25, 0.3) is 0 Å². The van der Waals surface area contributed by atoms with E-state index in [9.17, 15) is 29.1 Å². The van der Waals surface area contributed by atoms with Crippen LogP contribution in [0.4, 0.5) is 5.82 Å². The molecule has 6 N–H and O–H groups in total. The molecule has 3 aliphatic rings. The minimum atomic E-state index is -0.886. The molecule has 1 saturated heterocycles. The number of ketones is 1. The number of hydrogen-bond donors (Lipinski definition) is 6. The van der Waals surface area contributed by atoms with Gasteiger partial charge in [-0.1, -0.05) is 76.2 Å². The lowest BCUT2D eigenvalue weighted by atomic mass is 9.83. The summed E-state index contributed by atoms with van der Waals surface area (Å²) in [7, 11) is 1.69. The third-order valence-electron chi connectivity index (χ3n) is 14.5. The molecule has 18 nitrogen and oxygen atoms in total. The molecule has 1 aliphatic carbocycles. The maximum absolute atomic E-state index is 14.7. The lowest BCUT2D eigenvalue weighted by Gasteiger charge is -2.41. The second-order valence-corrected chi connectivity index (χ2v) is 21.6. The fraction of sp³-hybridized carbons (Fsp3) is 0.500. The number of aryl methyl sites for hydroxylation is 1. The molecule has 7 rings (SSSR count). The highest BCUT2D eigenvalue weighted by molar-refractivity contribution is 6.06. The number of pyridine rings is 1. The maximum Gasteiger partial charge on any atom is 0.246 e. The number of carbonyl (C=O) groups excluding carboxylic acids is 5. The Morgan fingerprint density at radius 1 is 0.872 bits per heavy atom. The zero-order valence-corrected chi connectivity index (χ0v) is 46.2. The van der Waals surface area contributed by atoms with Crippen molar-refractivity contribution in [2.24, 2.45) is 11.3 Å². The fourth-order valence-electron chi connectivity index (χ4n) is 10.2. The highest BCUT2D eigenvalue weighted by atomic mass is 16.5. The van der Waals surface area contributed by atoms with Crippen molar-refractivity contribution in [1.82, 2.24) is 36.5 Å². The van der Waals surface area contributed by atoms with Gasteiger partial charge in [0, 0.05) is 63.4 Å². The highest BCUT2D eigenvalue weighted by Gasteiger charge is 2.43. The first-order chi connectivity index (χ1) is 37.6. The highest BCUT2D eigenvalue weighted by Crippen LogP contribution is 2.34. The van der Waals surface area contributed by atoms with E-state index in [4.69, 9.17) is 23.9 Å². The van der Waals surface area contributed by atoms with Gasteiger partial charge in [-0.05, 0) is 110 Å². The van der Waals surface area contributed by atoms with Crippen molar-refractivity contribution in [3.05, 3.63) is 125 Å². The molecule has 0 spiro atoms. The maximum atomic E-state index is 14.7. The smallest absolute Gasteiger partial charge is 0.246 e. The lowest BCUT2D eigenvalue weighted by Crippen LogP contribution is -2.62. The molecule has 2 aliphatic heterocycles. The molecule has 4 amide bonds. The van der Waals surface area contributed by atoms with Crippen LogP contribution in [0.3, 0.4) is 0 Å². The number of hydrogen-bond acceptors (Lipinski definition) is 14. The van der Waals surface area contributed by atoms with Gasteiger partial charge in [0.2, 0.25) is 29.5 Å². The minimum absolute atomic E-state index is 0.0465. The van der Waals surface area contributed by atoms with Crippen LogP contribution in [-0.2, 0) is 48.0 Å². The van der Waals surface area contributed by atoms with E-state index in [0.29, 0.717) is 82.9 Å². The summed E-state index contributed by atoms with van der Waals surface area (Å²) in [4.78, 5) is 75.9. The summed E-state index contributed by atoms with van der Waals surface area (Å²) in [5, 5.41) is 25.3. The largest absolute Gasteiger partial charge is 0.507 e. The van der Waals surface area contributed by atoms with Gasteiger partial charge < -0.3 is 60.4 Å². The molecule has 6 atom stereocenters. The van der Waals surface area contributed by atoms with E-state index < -0.39 is 23.5 Å². The van der Waals surface area contributed by atoms with Crippen LogP contribution in [0.15, 0.2) is 97.2 Å². The number of nitrogens with one attached hydrogen (secondary N) is 5. The number of fused-ring (bicyclic) bond motifs is 2. The Kier molecular flexibility index (Phi) is 21.5. The fourth-order valence-corrected chi connectivity index (χ4v) is 10.2. The van der Waals surface area contributed by atoms with Gasteiger partial charge in [0.05, 0.1) is 50.7 Å². The van der Waals surface area contributed by atoms with Crippen LogP contribution in [-0.4, -0.2) is 135 Å². The van der Waals surface area contributed by atoms with Crippen molar-refractivity contribution in [3.8, 4) is 17.4 Å². The van der Waals surface area contributed by atoms with Gasteiger partial charge >= 0.3 is 0 Å². The van der Waals surface area contributed by atoms with E-state index in [0.717, 1.165) is 54.7 Å². The summed E-state index contributed by atoms with van der Waals surface area (Å²) in [5.41, 5.74) is 3.77. The van der Waals surface area contributed by atoms with Crippen LogP contribution in [0.5, 0.6) is 17.4 Å². The summed E-state index contributed by atoms with van der Waals surface area (Å²) in [6.45, 7) is 13.6. The number of amides is 4. The number of aromatic nitrogens is 1. The standard InChI is InChI=1S/C60H80N8O10/c1-40-34-45(37-62-26-25-52(70)48-17-9-10-19-51(48)69)67(38-40)53-20-12-22-55(65-53)78-28-13-21-54(71)63-27-29-75-30-31-76-32-33-77-46-24-23-43-36-50(58(73)64-49-18-11-15-42-14-7-8-16-47(42)49)68(39-44(43)35-46)59(74)56(60(3,4)5)66-57(72)41(2)61-6/h7-10,12,14,16-17,19-20,22-26,35,40-41,45,49-50,56,61-62,69H,11,13,15,18,21,27-34,36-39H2,1-6H3,(H,63,71)(H,64,73)(H,66,72)/b26-25+/t40-,41-,45+,49+,50-,56+/m0/s1. The lowest BCUT2D eigenvalue weighted by molar-refractivity contribution is -0.147. The topological polar surface area (TPSA) is 222 Å². The van der Waals surface area contributed by atoms with Crippen LogP contribution in [0.2, 0.25) is 0 Å². The van der Waals surface area contributed by atoms with E-state index in [1.165, 1.54) is 17.7 Å². The molecule has 18 heteroatoms. The van der Waals surface area contributed by atoms with E-state index >= 15 is 0 Å². The molecule has 78 heavy (non-hydrogen) atoms. The summed E-state index contributed by atoms with van der Waals surface area (Å²) >= 11 is 0. The Balaban J connectivity index is 0.790. The molecule has 0 unspecified atom stereocenters. The summed E-state index contributed by atoms with van der Waals surface area (Å²) in [5.74, 6) is 1.10. The Morgan fingerprint density at radius 3 is 2.44 bits per heavy atom. The first-order valence-corrected chi connectivity index (χ1v) is 27.5. The van der Waals surface area contributed by atoms with Crippen molar-refractivity contribution >= 4 is 35.2 Å². The van der Waals surface area contributed by atoms with Gasteiger partial charge in [0.1, 0.15) is 36.0 Å². The van der Waals surface area contributed by atoms with Crippen molar-refractivity contribution < 1.29 is 48.0 Å². The Bertz CT molecular complexity index is 2690. The average molecular weight is 1070 g/mol. The first-order valence-electron chi connectivity index (χ1n) is 27.5. The normalized spacial score (nSPS) is 18.8. The molecule has 3 aromatic carbocycles. The number of ether oxygens (including phenoxy) is 4. The minimum Gasteiger partial charge on any atom is -0.507 e. The number of allylic oxidation sites excluding steroid dienone is 1. The third kappa shape index (κ3) is 16.5. The molecule has 1 fully saturated rings. The number of benzene rings is 3. The molecule has 0 radical (unpaired) electrons. The molecular formula is C60H80N8O10. The number of nitrogens with zero attached hydrogens (tertiary/aromatic N) is 3. The van der Waals surface area contributed by atoms with Crippen molar-refractivity contribution in [2.45, 2.75) is 116 Å². The number of anilines is 1. The first kappa shape index (κ1) is 58.7. The number of carbonyl (C=O) groups is 5. The van der Waals surface area contributed by atoms with Crippen LogP contribution < -0.4 is 41.0 Å². The zero-order valence-electron chi connectivity index (χ0n) is 46.2. The summed E-state index contributed by atoms with van der Waals surface area (Å²) < 4.78 is 23.5. The van der Waals surface area contributed by atoms with Gasteiger partial charge in [-0.15, -0.1) is 0 Å². The summed E-state index contributed by atoms with van der Waals surface area (Å²) in [6.07, 6.45) is 7.86. The molecule has 0 saturated carbocycles. The van der Waals surface area contributed by atoms with Gasteiger partial charge in [-0.25, -0.2) is 0 Å². The molecule has 1 aromatic heterocycles. The number of likely N-dealkylation sites (N-methyl/N-ethyl adjacent to an activating group) is 1. The summed E-state index contributed by atoms with van der Waals surface area (Å²) in [6, 6.07) is 23.9. The molecule has 4 aromatic rings. The monoisotopic (exact) mass is 1070 g/mol. The van der Waals surface area contributed by atoms with E-state index in [1.54, 1.807) is 43.3 Å². The number of phenols is 1. The van der Waals surface area contributed by atoms with Crippen molar-refractivity contribution in [2.75, 3.05) is 71.2 Å². The molecular weight excluding hydrogens is 993 g/mol. The number of rotatable bonds is 27. The zero-order chi connectivity index (χ0) is 55.6. The Morgan fingerprint density at radius 2 is 1.64 bits per heavy atom. The second kappa shape index (κ2) is 28.6. The number of aromatic hydroxyl groups is 1. The molecule has 0 bridgehead atoms. The number of para-hydroxylation sites is 1. The van der Waals surface area contributed by atoms with Crippen LogP contribution >= 0.6 is 0 Å². The SMILES string of the molecule is CN[C@@H](C)C(=O)N[C@H](C(=O)N1Cc2cc(OCCOCCOCCNC(=O)CCCOc3cccc(N4C[C@@H](C)C[C@@H]4CN/C=C/C(=O)c4ccccc4O)n3)ccc2C[C@H]1C(=O)N[C@@H]1CCCc2ccccc21)C(C)(C)C. The predicted octanol–water partition coefficient (Wildman–Crippen LogP) is 5.96. The van der Waals surface area contributed by atoms with Crippen LogP contribution in [0.25, 0.3) is 0 Å². The van der Waals surface area contributed by atoms with Crippen molar-refractivity contribution in [1.29, 1.82) is 0 Å². The predicted molar refractivity (Wildman–Crippen MR) is 298 cm³/mol. The second-order valence-electron chi connectivity index (χ2n) is 21.6. The van der Waals surface area contributed by atoms with E-state index in [2.05, 4.69) is 50.5 Å². The molecule has 420 valence electrons. The van der Waals surface area contributed by atoms with Gasteiger partial charge in [-0.3, -0.25) is 24.0 Å². The van der Waals surface area contributed by atoms with Gasteiger partial charge in [-0.2, -0.15) is 4.98 Å². The Hall–Kier alpha value is -7.02. The van der Waals surface area contributed by atoms with Gasteiger partial charge in [0.15, 0.2) is 5.78 Å². The van der Waals surface area contributed by atoms with Crippen LogP contribution in [0, 0.1) is 11.3 Å². The quantitative estimate of drug-likeness (QED) is 0.0231. The van der Waals surface area contributed by atoms with Crippen LogP contribution in [0.1, 0.15) is 105 Å². The third-order valence-corrected chi connectivity index (χ3v) is 14.5. The number of phenolic OH excluding ortho intramolecular Hbond substituents is 1. The van der Waals surface area contributed by atoms with E-state index in [1.807, 2.05) is 69.3 Å². The van der Waals surface area contributed by atoms with Crippen molar-refractivity contribution in [3.63, 3.8) is 0 Å². The molecule has 3 heterocycles. The Labute approximate surface area is 459 Å².